The van der Waals surface area contributed by atoms with Crippen molar-refractivity contribution in [3.8, 4) is 0 Å². The third-order valence-electron chi connectivity index (χ3n) is 1.80. The van der Waals surface area contributed by atoms with Gasteiger partial charge in [-0.2, -0.15) is 0 Å². The molecule has 1 aromatic carbocycles. The largest absolute Gasteiger partial charge is 0.276 e. The van der Waals surface area contributed by atoms with E-state index in [1.165, 1.54) is 5.06 Å². The van der Waals surface area contributed by atoms with E-state index in [1.807, 2.05) is 37.3 Å². The Kier molecular flexibility index (Phi) is 4.72. The second kappa shape index (κ2) is 6.16. The fourth-order valence-corrected chi connectivity index (χ4v) is 1.10. The van der Waals surface area contributed by atoms with Crippen molar-refractivity contribution in [3.05, 3.63) is 35.9 Å². The minimum Gasteiger partial charge on any atom is -0.276 e. The van der Waals surface area contributed by atoms with Crippen LogP contribution in [0.2, 0.25) is 0 Å². The second-order valence-corrected chi connectivity index (χ2v) is 3.01. The van der Waals surface area contributed by atoms with Crippen molar-refractivity contribution < 1.29 is 9.63 Å². The summed E-state index contributed by atoms with van der Waals surface area (Å²) in [5, 5.41) is 1.33. The Morgan fingerprint density at radius 2 is 2.07 bits per heavy atom. The molecule has 0 aliphatic carbocycles. The molecule has 0 aliphatic heterocycles. The van der Waals surface area contributed by atoms with Gasteiger partial charge in [0, 0.05) is 6.54 Å². The Labute approximate surface area is 84.2 Å². The zero-order valence-corrected chi connectivity index (χ0v) is 8.35. The van der Waals surface area contributed by atoms with E-state index < -0.39 is 0 Å². The molecule has 0 saturated carbocycles. The van der Waals surface area contributed by atoms with Gasteiger partial charge in [0.2, 0.25) is 6.41 Å². The monoisotopic (exact) mass is 193 g/mol. The van der Waals surface area contributed by atoms with Crippen molar-refractivity contribution >= 4 is 6.41 Å². The van der Waals surface area contributed by atoms with Gasteiger partial charge in [-0.1, -0.05) is 37.3 Å². The predicted molar refractivity (Wildman–Crippen MR) is 54.3 cm³/mol. The molecule has 0 spiro atoms. The number of amides is 1. The van der Waals surface area contributed by atoms with Crippen molar-refractivity contribution in [1.82, 2.24) is 5.06 Å². The van der Waals surface area contributed by atoms with Crippen molar-refractivity contribution in [3.63, 3.8) is 0 Å². The maximum atomic E-state index is 10.5. The summed E-state index contributed by atoms with van der Waals surface area (Å²) in [6, 6.07) is 9.78. The van der Waals surface area contributed by atoms with Gasteiger partial charge in [-0.15, -0.1) is 0 Å². The molecule has 1 rings (SSSR count). The first-order chi connectivity index (χ1) is 6.86. The van der Waals surface area contributed by atoms with E-state index in [-0.39, 0.29) is 0 Å². The predicted octanol–water partition coefficient (Wildman–Crippen LogP) is 1.99. The molecule has 1 amide bonds. The zero-order chi connectivity index (χ0) is 10.2. The van der Waals surface area contributed by atoms with E-state index in [9.17, 15) is 4.79 Å². The first kappa shape index (κ1) is 10.7. The Morgan fingerprint density at radius 3 is 2.64 bits per heavy atom. The van der Waals surface area contributed by atoms with Gasteiger partial charge in [0.1, 0.15) is 6.61 Å². The van der Waals surface area contributed by atoms with Crippen LogP contribution in [0.4, 0.5) is 0 Å². The summed E-state index contributed by atoms with van der Waals surface area (Å²) in [6.45, 7) is 3.08. The van der Waals surface area contributed by atoms with E-state index in [4.69, 9.17) is 4.84 Å². The molecular weight excluding hydrogens is 178 g/mol. The molecule has 0 N–H and O–H groups in total. The van der Waals surface area contributed by atoms with Gasteiger partial charge in [0.15, 0.2) is 0 Å². The number of nitrogens with zero attached hydrogens (tertiary/aromatic N) is 1. The molecule has 0 aromatic heterocycles. The highest BCUT2D eigenvalue weighted by Crippen LogP contribution is 2.02. The minimum atomic E-state index is 0.444. The van der Waals surface area contributed by atoms with Crippen LogP contribution in [-0.2, 0) is 16.2 Å². The summed E-state index contributed by atoms with van der Waals surface area (Å²) in [5.74, 6) is 0. The summed E-state index contributed by atoms with van der Waals surface area (Å²) in [4.78, 5) is 15.8. The summed E-state index contributed by atoms with van der Waals surface area (Å²) in [6.07, 6.45) is 1.61. The number of hydrogen-bond donors (Lipinski definition) is 0. The molecule has 0 saturated heterocycles. The molecule has 0 heterocycles. The Morgan fingerprint density at radius 1 is 1.36 bits per heavy atom. The first-order valence-corrected chi connectivity index (χ1v) is 4.75. The lowest BCUT2D eigenvalue weighted by Crippen LogP contribution is -2.22. The van der Waals surface area contributed by atoms with Gasteiger partial charge in [0.25, 0.3) is 0 Å². The molecule has 3 heteroatoms. The summed E-state index contributed by atoms with van der Waals surface area (Å²) in [5.41, 5.74) is 1.07. The van der Waals surface area contributed by atoms with Crippen LogP contribution in [0.3, 0.4) is 0 Å². The maximum Gasteiger partial charge on any atom is 0.233 e. The van der Waals surface area contributed by atoms with Gasteiger partial charge in [0.05, 0.1) is 0 Å². The zero-order valence-electron chi connectivity index (χ0n) is 8.35. The fourth-order valence-electron chi connectivity index (χ4n) is 1.10. The molecule has 76 valence electrons. The molecule has 0 fully saturated rings. The van der Waals surface area contributed by atoms with Crippen LogP contribution in [0.5, 0.6) is 0 Å². The van der Waals surface area contributed by atoms with Crippen LogP contribution in [-0.4, -0.2) is 18.0 Å². The maximum absolute atomic E-state index is 10.5. The van der Waals surface area contributed by atoms with Gasteiger partial charge in [-0.25, -0.2) is 5.06 Å². The van der Waals surface area contributed by atoms with E-state index >= 15 is 0 Å². The SMILES string of the molecule is CCCN(C=O)OCc1ccccc1. The Balaban J connectivity index is 2.35. The second-order valence-electron chi connectivity index (χ2n) is 3.01. The quantitative estimate of drug-likeness (QED) is 0.510. The molecule has 0 radical (unpaired) electrons. The third-order valence-corrected chi connectivity index (χ3v) is 1.80. The van der Waals surface area contributed by atoms with E-state index in [0.29, 0.717) is 19.6 Å². The number of hydrogen-bond acceptors (Lipinski definition) is 2. The summed E-state index contributed by atoms with van der Waals surface area (Å²) >= 11 is 0. The Hall–Kier alpha value is -1.35. The first-order valence-electron chi connectivity index (χ1n) is 4.75. The van der Waals surface area contributed by atoms with Crippen molar-refractivity contribution in [2.24, 2.45) is 0 Å². The average molecular weight is 193 g/mol. The number of carbonyl (C=O) groups is 1. The van der Waals surface area contributed by atoms with Crippen LogP contribution in [0.1, 0.15) is 18.9 Å². The molecule has 0 bridgehead atoms. The van der Waals surface area contributed by atoms with Gasteiger partial charge in [-0.3, -0.25) is 9.63 Å². The van der Waals surface area contributed by atoms with E-state index in [0.717, 1.165) is 12.0 Å². The highest BCUT2D eigenvalue weighted by molar-refractivity contribution is 5.44. The highest BCUT2D eigenvalue weighted by Gasteiger charge is 2.00. The fraction of sp³-hybridized carbons (Fsp3) is 0.364. The van der Waals surface area contributed by atoms with Gasteiger partial charge in [-0.05, 0) is 12.0 Å². The molecule has 0 atom stereocenters. The number of rotatable bonds is 6. The van der Waals surface area contributed by atoms with Gasteiger partial charge < -0.3 is 0 Å². The van der Waals surface area contributed by atoms with E-state index in [1.54, 1.807) is 0 Å². The van der Waals surface area contributed by atoms with Crippen molar-refractivity contribution in [2.45, 2.75) is 20.0 Å². The topological polar surface area (TPSA) is 29.5 Å². The number of hydroxylamine groups is 2. The lowest BCUT2D eigenvalue weighted by atomic mass is 10.2. The van der Waals surface area contributed by atoms with Crippen LogP contribution in [0, 0.1) is 0 Å². The summed E-state index contributed by atoms with van der Waals surface area (Å²) < 4.78 is 0. The molecule has 14 heavy (non-hydrogen) atoms. The van der Waals surface area contributed by atoms with Crippen LogP contribution in [0.25, 0.3) is 0 Å². The standard InChI is InChI=1S/C11H15NO2/c1-2-8-12(10-13)14-9-11-6-4-3-5-7-11/h3-7,10H,2,8-9H2,1H3. The minimum absolute atomic E-state index is 0.444. The number of carbonyl (C=O) groups excluding carboxylic acids is 1. The normalized spacial score (nSPS) is 9.79. The third kappa shape index (κ3) is 3.58. The van der Waals surface area contributed by atoms with Crippen LogP contribution < -0.4 is 0 Å². The van der Waals surface area contributed by atoms with Crippen LogP contribution in [0.15, 0.2) is 30.3 Å². The molecular formula is C11H15NO2. The van der Waals surface area contributed by atoms with Gasteiger partial charge >= 0.3 is 0 Å². The highest BCUT2D eigenvalue weighted by atomic mass is 16.7. The van der Waals surface area contributed by atoms with Crippen molar-refractivity contribution in [2.75, 3.05) is 6.54 Å². The molecule has 1 aromatic rings. The average Bonchev–Trinajstić information content (AvgIpc) is 2.25. The number of benzene rings is 1. The molecule has 0 aliphatic rings. The van der Waals surface area contributed by atoms with Crippen molar-refractivity contribution in [1.29, 1.82) is 0 Å². The van der Waals surface area contributed by atoms with Crippen LogP contribution >= 0.6 is 0 Å². The lowest BCUT2D eigenvalue weighted by molar-refractivity contribution is -0.177. The lowest BCUT2D eigenvalue weighted by Gasteiger charge is -2.15. The Bertz CT molecular complexity index is 261. The smallest absolute Gasteiger partial charge is 0.233 e. The molecule has 0 unspecified atom stereocenters. The van der Waals surface area contributed by atoms with E-state index in [2.05, 4.69) is 0 Å². The molecule has 3 nitrogen and oxygen atoms in total. The summed E-state index contributed by atoms with van der Waals surface area (Å²) in [7, 11) is 0.